The summed E-state index contributed by atoms with van der Waals surface area (Å²) in [6.07, 6.45) is -2.72. The number of carboxylic acid groups (broad SMARTS) is 1. The molecule has 0 saturated heterocycles. The summed E-state index contributed by atoms with van der Waals surface area (Å²) in [4.78, 5) is 13.2. The van der Waals surface area contributed by atoms with E-state index in [1.807, 2.05) is 0 Å². The lowest BCUT2D eigenvalue weighted by molar-refractivity contribution is -0.263. The minimum Gasteiger partial charge on any atom is -0.496 e. The van der Waals surface area contributed by atoms with E-state index in [-0.39, 0.29) is 16.9 Å². The summed E-state index contributed by atoms with van der Waals surface area (Å²) in [5, 5.41) is 27.5. The summed E-state index contributed by atoms with van der Waals surface area (Å²) in [5.74, 6) is -1.52. The number of alkyl halides is 3. The average molecular weight is 563 g/mol. The number of aliphatic hydroxyl groups is 1. The third-order valence-electron chi connectivity index (χ3n) is 6.97. The van der Waals surface area contributed by atoms with Gasteiger partial charge in [-0.25, -0.2) is 13.9 Å². The molecule has 3 aromatic rings. The lowest BCUT2D eigenvalue weighted by atomic mass is 9.74. The molecule has 1 aliphatic heterocycles. The third-order valence-corrected chi connectivity index (χ3v) is 6.97. The lowest BCUT2D eigenvalue weighted by Crippen LogP contribution is -2.55. The van der Waals surface area contributed by atoms with Gasteiger partial charge in [0, 0.05) is 24.4 Å². The van der Waals surface area contributed by atoms with E-state index < -0.39 is 41.9 Å². The van der Waals surface area contributed by atoms with Crippen molar-refractivity contribution in [2.75, 3.05) is 20.7 Å². The number of carboxylic acids is 1. The van der Waals surface area contributed by atoms with Crippen LogP contribution in [-0.2, 0) is 12.0 Å². The molecule has 0 radical (unpaired) electrons. The second-order valence-electron chi connectivity index (χ2n) is 10.5. The summed E-state index contributed by atoms with van der Waals surface area (Å²) < 4.78 is 63.9. The summed E-state index contributed by atoms with van der Waals surface area (Å²) in [6.45, 7) is 2.44. The monoisotopic (exact) mass is 562 g/mol. The second-order valence-corrected chi connectivity index (χ2v) is 10.5. The Labute approximate surface area is 228 Å². The Morgan fingerprint density at radius 1 is 1.18 bits per heavy atom. The Morgan fingerprint density at radius 3 is 2.55 bits per heavy atom. The number of benzene rings is 2. The molecule has 0 fully saturated rings. The molecular weight excluding hydrogens is 532 g/mol. The van der Waals surface area contributed by atoms with Crippen molar-refractivity contribution >= 4 is 11.7 Å². The maximum Gasteiger partial charge on any atom is 0.418 e. The first kappa shape index (κ1) is 28.9. The van der Waals surface area contributed by atoms with Crippen LogP contribution in [0.1, 0.15) is 47.4 Å². The minimum atomic E-state index is -5.02. The first-order valence-electron chi connectivity index (χ1n) is 12.4. The number of carbonyl (C=O) groups is 1. The number of halogens is 4. The van der Waals surface area contributed by atoms with E-state index in [4.69, 9.17) is 4.74 Å². The largest absolute Gasteiger partial charge is 0.496 e. The maximum atomic E-state index is 14.4. The number of rotatable bonds is 9. The molecule has 0 aliphatic carbocycles. The van der Waals surface area contributed by atoms with E-state index in [1.165, 1.54) is 50.0 Å². The van der Waals surface area contributed by atoms with Gasteiger partial charge in [-0.15, -0.1) is 0 Å². The fourth-order valence-electron chi connectivity index (χ4n) is 5.00. The van der Waals surface area contributed by atoms with Crippen molar-refractivity contribution in [3.63, 3.8) is 0 Å². The lowest BCUT2D eigenvalue weighted by Gasteiger charge is -2.39. The van der Waals surface area contributed by atoms with Gasteiger partial charge in [0.25, 0.3) is 0 Å². The second kappa shape index (κ2) is 10.5. The molecule has 0 saturated carbocycles. The van der Waals surface area contributed by atoms with Crippen LogP contribution in [0.2, 0.25) is 0 Å². The van der Waals surface area contributed by atoms with Crippen LogP contribution in [0.15, 0.2) is 54.9 Å². The van der Waals surface area contributed by atoms with Gasteiger partial charge in [0.2, 0.25) is 0 Å². The fourth-order valence-corrected chi connectivity index (χ4v) is 5.00. The fraction of sp³-hybridized carbons (Fsp3) is 0.357. The van der Waals surface area contributed by atoms with Gasteiger partial charge in [-0.2, -0.15) is 18.3 Å². The predicted octanol–water partition coefficient (Wildman–Crippen LogP) is 4.71. The predicted molar refractivity (Wildman–Crippen MR) is 140 cm³/mol. The molecule has 40 heavy (non-hydrogen) atoms. The Kier molecular flexibility index (Phi) is 7.59. The molecule has 2 heterocycles. The van der Waals surface area contributed by atoms with Gasteiger partial charge in [0.05, 0.1) is 49.0 Å². The molecule has 2 aromatic carbocycles. The van der Waals surface area contributed by atoms with Crippen molar-refractivity contribution in [3.05, 3.63) is 83.1 Å². The Bertz CT molecular complexity index is 1450. The van der Waals surface area contributed by atoms with Gasteiger partial charge in [-0.3, -0.25) is 0 Å². The van der Waals surface area contributed by atoms with Crippen LogP contribution in [0.5, 0.6) is 5.75 Å². The van der Waals surface area contributed by atoms with Gasteiger partial charge in [0.1, 0.15) is 11.6 Å². The highest BCUT2D eigenvalue weighted by atomic mass is 19.4. The van der Waals surface area contributed by atoms with E-state index in [2.05, 4.69) is 10.4 Å². The van der Waals surface area contributed by atoms with E-state index in [9.17, 15) is 32.6 Å². The van der Waals surface area contributed by atoms with Crippen molar-refractivity contribution in [2.45, 2.75) is 44.0 Å². The first-order chi connectivity index (χ1) is 18.6. The number of hydrogen-bond donors (Lipinski definition) is 3. The highest BCUT2D eigenvalue weighted by molar-refractivity contribution is 5.88. The molecule has 0 spiro atoms. The Balaban J connectivity index is 1.64. The Morgan fingerprint density at radius 2 is 1.90 bits per heavy atom. The summed E-state index contributed by atoms with van der Waals surface area (Å²) in [6, 6.07) is 9.75. The zero-order valence-electron chi connectivity index (χ0n) is 22.4. The number of ether oxygens (including phenoxy) is 1. The minimum absolute atomic E-state index is 0.0626. The number of aromatic carboxylic acids is 1. The quantitative estimate of drug-likeness (QED) is 0.325. The first-order valence-corrected chi connectivity index (χ1v) is 12.4. The molecule has 0 bridgehead atoms. The molecule has 8 nitrogen and oxygen atoms in total. The van der Waals surface area contributed by atoms with E-state index in [0.717, 1.165) is 12.1 Å². The van der Waals surface area contributed by atoms with E-state index in [1.54, 1.807) is 30.3 Å². The number of fused-ring (bicyclic) bond motifs is 1. The number of methoxy groups -OCH3 is 1. The topological polar surface area (TPSA) is 99.9 Å². The number of nitrogens with zero attached hydrogens (tertiary/aromatic N) is 3. The summed E-state index contributed by atoms with van der Waals surface area (Å²) in [7, 11) is 3.07. The van der Waals surface area contributed by atoms with Gasteiger partial charge >= 0.3 is 12.1 Å². The van der Waals surface area contributed by atoms with Crippen molar-refractivity contribution in [1.29, 1.82) is 0 Å². The van der Waals surface area contributed by atoms with Crippen LogP contribution >= 0.6 is 0 Å². The van der Waals surface area contributed by atoms with Crippen LogP contribution < -0.4 is 10.1 Å². The van der Waals surface area contributed by atoms with Crippen LogP contribution in [-0.4, -0.2) is 63.3 Å². The average Bonchev–Trinajstić information content (AvgIpc) is 3.30. The smallest absolute Gasteiger partial charge is 0.418 e. The molecule has 214 valence electrons. The van der Waals surface area contributed by atoms with Gasteiger partial charge < -0.3 is 25.2 Å². The third kappa shape index (κ3) is 5.62. The highest BCUT2D eigenvalue weighted by Crippen LogP contribution is 2.44. The molecule has 1 aromatic heterocycles. The zero-order chi connectivity index (χ0) is 29.5. The van der Waals surface area contributed by atoms with Gasteiger partial charge in [0.15, 0.2) is 5.60 Å². The number of nitrogens with one attached hydrogen (secondary N) is 1. The van der Waals surface area contributed by atoms with Crippen molar-refractivity contribution in [2.24, 2.45) is 0 Å². The zero-order valence-corrected chi connectivity index (χ0v) is 22.4. The number of hydrogen-bond acceptors (Lipinski definition) is 6. The van der Waals surface area contributed by atoms with Crippen LogP contribution in [0.4, 0.5) is 17.6 Å². The molecule has 12 heteroatoms. The molecule has 3 N–H and O–H groups in total. The van der Waals surface area contributed by atoms with Crippen molar-refractivity contribution in [1.82, 2.24) is 20.0 Å². The maximum absolute atomic E-state index is 14.4. The van der Waals surface area contributed by atoms with E-state index in [0.29, 0.717) is 29.2 Å². The van der Waals surface area contributed by atoms with Crippen molar-refractivity contribution < 1.29 is 37.3 Å². The molecule has 1 atom stereocenters. The molecule has 4 rings (SSSR count). The molecule has 1 unspecified atom stereocenters. The van der Waals surface area contributed by atoms with Crippen LogP contribution in [0.25, 0.3) is 11.4 Å². The van der Waals surface area contributed by atoms with Crippen molar-refractivity contribution in [3.8, 4) is 11.4 Å². The highest BCUT2D eigenvalue weighted by Gasteiger charge is 2.56. The van der Waals surface area contributed by atoms with Gasteiger partial charge in [-0.1, -0.05) is 19.9 Å². The SMILES string of the molecule is COc1ccc(F)cc1C(C)(C)CC(O)(CNC1=CN(C)Cc2c1cnn2-c1cccc(C(=O)O)c1)C(F)(F)F. The normalized spacial score (nSPS) is 15.2. The Hall–Kier alpha value is -4.06. The molecular formula is C28H30F4N4O4. The van der Waals surface area contributed by atoms with E-state index >= 15 is 0 Å². The van der Waals surface area contributed by atoms with Gasteiger partial charge in [-0.05, 0) is 48.2 Å². The summed E-state index contributed by atoms with van der Waals surface area (Å²) >= 11 is 0. The van der Waals surface area contributed by atoms with Crippen LogP contribution in [0.3, 0.4) is 0 Å². The standard InChI is InChI=1S/C28H30F4N4O4/c1-26(2,21-11-18(29)8-9-24(21)40-4)15-27(39,28(30,31)32)16-33-22-13-35(3)14-23-20(22)12-34-36(23)19-7-5-6-17(10-19)25(37)38/h5-13,33,39H,14-16H2,1-4H3,(H,37,38). The summed E-state index contributed by atoms with van der Waals surface area (Å²) in [5.41, 5.74) is -2.36. The number of aromatic nitrogens is 2. The molecule has 1 aliphatic rings. The van der Waals surface area contributed by atoms with Crippen LogP contribution in [0, 0.1) is 5.82 Å². The molecule has 0 amide bonds.